The van der Waals surface area contributed by atoms with Crippen LogP contribution in [0.2, 0.25) is 0 Å². The van der Waals surface area contributed by atoms with E-state index < -0.39 is 0 Å². The minimum Gasteiger partial charge on any atom is -0.459 e. The third kappa shape index (κ3) is 4.08. The SMILES string of the molecule is CCCCOCCNC(C)c1oc2ccccc2c1CC. The van der Waals surface area contributed by atoms with Crippen LogP contribution >= 0.6 is 0 Å². The molecule has 0 bridgehead atoms. The normalized spacial score (nSPS) is 12.9. The van der Waals surface area contributed by atoms with E-state index in [1.807, 2.05) is 12.1 Å². The first-order chi connectivity index (χ1) is 10.3. The Morgan fingerprint density at radius 1 is 1.19 bits per heavy atom. The first kappa shape index (κ1) is 16.1. The van der Waals surface area contributed by atoms with Gasteiger partial charge in [0.15, 0.2) is 0 Å². The lowest BCUT2D eigenvalue weighted by Crippen LogP contribution is -2.23. The lowest BCUT2D eigenvalue weighted by atomic mass is 10.1. The number of hydrogen-bond donors (Lipinski definition) is 1. The van der Waals surface area contributed by atoms with Crippen molar-refractivity contribution in [1.29, 1.82) is 0 Å². The number of nitrogens with one attached hydrogen (secondary N) is 1. The van der Waals surface area contributed by atoms with E-state index in [0.717, 1.165) is 43.9 Å². The van der Waals surface area contributed by atoms with Crippen LogP contribution in [-0.4, -0.2) is 19.8 Å². The minimum absolute atomic E-state index is 0.210. The molecule has 1 aromatic carbocycles. The van der Waals surface area contributed by atoms with E-state index in [9.17, 15) is 0 Å². The van der Waals surface area contributed by atoms with Gasteiger partial charge < -0.3 is 14.5 Å². The highest BCUT2D eigenvalue weighted by molar-refractivity contribution is 5.82. The van der Waals surface area contributed by atoms with Gasteiger partial charge in [0, 0.05) is 24.1 Å². The average Bonchev–Trinajstić information content (AvgIpc) is 2.89. The molecule has 3 nitrogen and oxygen atoms in total. The van der Waals surface area contributed by atoms with Crippen molar-refractivity contribution in [3.8, 4) is 0 Å². The monoisotopic (exact) mass is 289 g/mol. The van der Waals surface area contributed by atoms with E-state index in [4.69, 9.17) is 9.15 Å². The second-order valence-electron chi connectivity index (χ2n) is 5.44. The molecule has 1 heterocycles. The molecule has 1 unspecified atom stereocenters. The first-order valence-electron chi connectivity index (χ1n) is 8.09. The topological polar surface area (TPSA) is 34.4 Å². The summed E-state index contributed by atoms with van der Waals surface area (Å²) in [6, 6.07) is 8.48. The van der Waals surface area contributed by atoms with Crippen LogP contribution < -0.4 is 5.32 Å². The van der Waals surface area contributed by atoms with Gasteiger partial charge in [-0.2, -0.15) is 0 Å². The van der Waals surface area contributed by atoms with Gasteiger partial charge in [0.1, 0.15) is 11.3 Å². The van der Waals surface area contributed by atoms with Gasteiger partial charge in [0.2, 0.25) is 0 Å². The van der Waals surface area contributed by atoms with Crippen LogP contribution in [0.3, 0.4) is 0 Å². The Bertz CT molecular complexity index is 547. The number of aryl methyl sites for hydroxylation is 1. The number of benzene rings is 1. The molecule has 0 saturated carbocycles. The molecule has 116 valence electrons. The molecule has 0 saturated heterocycles. The Hall–Kier alpha value is -1.32. The smallest absolute Gasteiger partial charge is 0.134 e. The maximum absolute atomic E-state index is 6.04. The number of para-hydroxylation sites is 1. The Kier molecular flexibility index (Phi) is 6.27. The molecule has 21 heavy (non-hydrogen) atoms. The molecule has 1 N–H and O–H groups in total. The molecular formula is C18H27NO2. The summed E-state index contributed by atoms with van der Waals surface area (Å²) >= 11 is 0. The summed E-state index contributed by atoms with van der Waals surface area (Å²) in [6.07, 6.45) is 3.31. The van der Waals surface area contributed by atoms with E-state index in [0.29, 0.717) is 0 Å². The number of hydrogen-bond acceptors (Lipinski definition) is 3. The van der Waals surface area contributed by atoms with Crippen molar-refractivity contribution < 1.29 is 9.15 Å². The Morgan fingerprint density at radius 3 is 2.76 bits per heavy atom. The van der Waals surface area contributed by atoms with Crippen LogP contribution in [0.15, 0.2) is 28.7 Å². The van der Waals surface area contributed by atoms with E-state index in [-0.39, 0.29) is 6.04 Å². The summed E-state index contributed by atoms with van der Waals surface area (Å²) in [4.78, 5) is 0. The Labute approximate surface area is 127 Å². The molecule has 0 amide bonds. The summed E-state index contributed by atoms with van der Waals surface area (Å²) in [6.45, 7) is 8.98. The quantitative estimate of drug-likeness (QED) is 0.692. The number of ether oxygens (including phenoxy) is 1. The summed E-state index contributed by atoms with van der Waals surface area (Å²) in [7, 11) is 0. The van der Waals surface area contributed by atoms with Crippen molar-refractivity contribution in [1.82, 2.24) is 5.32 Å². The molecule has 2 aromatic rings. The Balaban J connectivity index is 1.94. The summed E-state index contributed by atoms with van der Waals surface area (Å²) in [5, 5.41) is 4.73. The molecule has 0 spiro atoms. The van der Waals surface area contributed by atoms with Crippen LogP contribution in [0.1, 0.15) is 51.0 Å². The summed E-state index contributed by atoms with van der Waals surface area (Å²) in [5.74, 6) is 1.06. The zero-order valence-corrected chi connectivity index (χ0v) is 13.4. The maximum Gasteiger partial charge on any atom is 0.134 e. The van der Waals surface area contributed by atoms with Gasteiger partial charge >= 0.3 is 0 Å². The summed E-state index contributed by atoms with van der Waals surface area (Å²) in [5.41, 5.74) is 2.30. The zero-order chi connectivity index (χ0) is 15.1. The number of fused-ring (bicyclic) bond motifs is 1. The van der Waals surface area contributed by atoms with Gasteiger partial charge in [0.25, 0.3) is 0 Å². The van der Waals surface area contributed by atoms with Gasteiger partial charge in [-0.3, -0.25) is 0 Å². The standard InChI is InChI=1S/C18H27NO2/c1-4-6-12-20-13-11-19-14(3)18-15(5-2)16-9-7-8-10-17(16)21-18/h7-10,14,19H,4-6,11-13H2,1-3H3. The third-order valence-corrected chi connectivity index (χ3v) is 3.82. The van der Waals surface area contributed by atoms with Crippen molar-refractivity contribution in [3.05, 3.63) is 35.6 Å². The van der Waals surface area contributed by atoms with E-state index in [1.165, 1.54) is 17.4 Å². The van der Waals surface area contributed by atoms with E-state index >= 15 is 0 Å². The van der Waals surface area contributed by atoms with Gasteiger partial charge in [0.05, 0.1) is 12.6 Å². The molecular weight excluding hydrogens is 262 g/mol. The van der Waals surface area contributed by atoms with Crippen molar-refractivity contribution >= 4 is 11.0 Å². The maximum atomic E-state index is 6.04. The zero-order valence-electron chi connectivity index (χ0n) is 13.4. The minimum atomic E-state index is 0.210. The molecule has 2 rings (SSSR count). The molecule has 0 fully saturated rings. The van der Waals surface area contributed by atoms with E-state index in [2.05, 4.69) is 38.2 Å². The van der Waals surface area contributed by atoms with Gasteiger partial charge in [-0.15, -0.1) is 0 Å². The predicted octanol–water partition coefficient (Wildman–Crippen LogP) is 4.46. The highest BCUT2D eigenvalue weighted by Crippen LogP contribution is 2.30. The highest BCUT2D eigenvalue weighted by Gasteiger charge is 2.17. The second-order valence-corrected chi connectivity index (χ2v) is 5.44. The number of rotatable bonds is 9. The largest absolute Gasteiger partial charge is 0.459 e. The predicted molar refractivity (Wildman–Crippen MR) is 87.7 cm³/mol. The van der Waals surface area contributed by atoms with Crippen LogP contribution in [0.25, 0.3) is 11.0 Å². The highest BCUT2D eigenvalue weighted by atomic mass is 16.5. The average molecular weight is 289 g/mol. The molecule has 3 heteroatoms. The fourth-order valence-corrected chi connectivity index (χ4v) is 2.62. The van der Waals surface area contributed by atoms with E-state index in [1.54, 1.807) is 0 Å². The van der Waals surface area contributed by atoms with Crippen LogP contribution in [0.4, 0.5) is 0 Å². The van der Waals surface area contributed by atoms with Gasteiger partial charge in [-0.25, -0.2) is 0 Å². The third-order valence-electron chi connectivity index (χ3n) is 3.82. The lowest BCUT2D eigenvalue weighted by Gasteiger charge is -2.13. The van der Waals surface area contributed by atoms with Crippen molar-refractivity contribution in [2.75, 3.05) is 19.8 Å². The number of unbranched alkanes of at least 4 members (excludes halogenated alkanes) is 1. The molecule has 0 radical (unpaired) electrons. The molecule has 0 aliphatic rings. The molecule has 1 aromatic heterocycles. The van der Waals surface area contributed by atoms with Gasteiger partial charge in [-0.1, -0.05) is 38.5 Å². The molecule has 0 aliphatic heterocycles. The molecule has 1 atom stereocenters. The van der Waals surface area contributed by atoms with Gasteiger partial charge in [-0.05, 0) is 25.8 Å². The Morgan fingerprint density at radius 2 is 2.00 bits per heavy atom. The van der Waals surface area contributed by atoms with Crippen molar-refractivity contribution in [2.24, 2.45) is 0 Å². The van der Waals surface area contributed by atoms with Crippen LogP contribution in [0, 0.1) is 0 Å². The lowest BCUT2D eigenvalue weighted by molar-refractivity contribution is 0.130. The molecule has 0 aliphatic carbocycles. The summed E-state index contributed by atoms with van der Waals surface area (Å²) < 4.78 is 11.6. The second kappa shape index (κ2) is 8.20. The van der Waals surface area contributed by atoms with Crippen LogP contribution in [-0.2, 0) is 11.2 Å². The van der Waals surface area contributed by atoms with Crippen molar-refractivity contribution in [2.45, 2.75) is 46.1 Å². The number of furan rings is 1. The van der Waals surface area contributed by atoms with Crippen molar-refractivity contribution in [3.63, 3.8) is 0 Å². The fourth-order valence-electron chi connectivity index (χ4n) is 2.62. The van der Waals surface area contributed by atoms with Crippen LogP contribution in [0.5, 0.6) is 0 Å². The first-order valence-corrected chi connectivity index (χ1v) is 8.09. The fraction of sp³-hybridized carbons (Fsp3) is 0.556.